The molecule has 0 saturated carbocycles. The third-order valence-corrected chi connectivity index (χ3v) is 6.62. The first kappa shape index (κ1) is 20.9. The Kier molecular flexibility index (Phi) is 6.39. The van der Waals surface area contributed by atoms with Gasteiger partial charge in [-0.15, -0.1) is 0 Å². The van der Waals surface area contributed by atoms with E-state index in [1.165, 1.54) is 5.69 Å². The highest BCUT2D eigenvalue weighted by Crippen LogP contribution is 2.28. The number of hydrogen-bond donors (Lipinski definition) is 1. The van der Waals surface area contributed by atoms with Gasteiger partial charge in [-0.05, 0) is 48.4 Å². The van der Waals surface area contributed by atoms with E-state index in [0.717, 1.165) is 47.6 Å². The number of aryl methyl sites for hydroxylation is 1. The van der Waals surface area contributed by atoms with Gasteiger partial charge < -0.3 is 19.9 Å². The molecule has 0 bridgehead atoms. The number of carbonyl (C=O) groups is 2. The predicted octanol–water partition coefficient (Wildman–Crippen LogP) is 3.26. The van der Waals surface area contributed by atoms with Gasteiger partial charge in [-0.1, -0.05) is 28.1 Å². The summed E-state index contributed by atoms with van der Waals surface area (Å²) in [5.41, 5.74) is 4.13. The molecule has 2 aromatic carbocycles. The molecule has 0 radical (unpaired) electrons. The third-order valence-electron chi connectivity index (χ3n) is 5.73. The zero-order chi connectivity index (χ0) is 21.1. The van der Waals surface area contributed by atoms with Gasteiger partial charge in [0.15, 0.2) is 0 Å². The molecule has 6 nitrogen and oxygen atoms in total. The van der Waals surface area contributed by atoms with Crippen LogP contribution in [-0.4, -0.2) is 44.7 Å². The number of morpholine rings is 1. The predicted molar refractivity (Wildman–Crippen MR) is 121 cm³/mol. The highest BCUT2D eigenvalue weighted by atomic mass is 79.9. The summed E-state index contributed by atoms with van der Waals surface area (Å²) in [6, 6.07) is 14.1. The lowest BCUT2D eigenvalue weighted by atomic mass is 10.1. The van der Waals surface area contributed by atoms with Crippen LogP contribution in [0.5, 0.6) is 0 Å². The van der Waals surface area contributed by atoms with E-state index < -0.39 is 0 Å². The summed E-state index contributed by atoms with van der Waals surface area (Å²) in [4.78, 5) is 29.1. The fourth-order valence-corrected chi connectivity index (χ4v) is 4.16. The number of hydrogen-bond acceptors (Lipinski definition) is 4. The van der Waals surface area contributed by atoms with Gasteiger partial charge in [0.25, 0.3) is 0 Å². The highest BCUT2D eigenvalue weighted by molar-refractivity contribution is 9.10. The van der Waals surface area contributed by atoms with Gasteiger partial charge in [0, 0.05) is 48.4 Å². The van der Waals surface area contributed by atoms with E-state index >= 15 is 0 Å². The number of nitrogens with zero attached hydrogens (tertiary/aromatic N) is 2. The molecule has 2 saturated heterocycles. The van der Waals surface area contributed by atoms with Crippen molar-refractivity contribution in [3.8, 4) is 0 Å². The van der Waals surface area contributed by atoms with Crippen LogP contribution in [0.15, 0.2) is 46.9 Å². The average Bonchev–Trinajstić information content (AvgIpc) is 3.17. The van der Waals surface area contributed by atoms with Crippen LogP contribution in [-0.2, 0) is 20.9 Å². The Morgan fingerprint density at radius 2 is 1.83 bits per heavy atom. The summed E-state index contributed by atoms with van der Waals surface area (Å²) in [5.74, 6) is -0.405. The zero-order valence-corrected chi connectivity index (χ0v) is 18.7. The smallest absolute Gasteiger partial charge is 0.227 e. The van der Waals surface area contributed by atoms with Crippen molar-refractivity contribution in [2.24, 2.45) is 5.92 Å². The van der Waals surface area contributed by atoms with E-state index in [-0.39, 0.29) is 24.2 Å². The number of rotatable bonds is 5. The van der Waals surface area contributed by atoms with Crippen LogP contribution in [0.3, 0.4) is 0 Å². The fraction of sp³-hybridized carbons (Fsp3) is 0.391. The molecular weight excluding hydrogens is 446 g/mol. The molecule has 2 amide bonds. The summed E-state index contributed by atoms with van der Waals surface area (Å²) in [6.07, 6.45) is 0.247. The minimum absolute atomic E-state index is 0.00765. The molecule has 0 aromatic heterocycles. The van der Waals surface area contributed by atoms with Crippen molar-refractivity contribution in [1.29, 1.82) is 0 Å². The van der Waals surface area contributed by atoms with Crippen LogP contribution in [0.1, 0.15) is 17.5 Å². The average molecular weight is 472 g/mol. The molecule has 158 valence electrons. The Morgan fingerprint density at radius 3 is 2.53 bits per heavy atom. The van der Waals surface area contributed by atoms with E-state index in [9.17, 15) is 9.59 Å². The SMILES string of the molecule is Cc1cc(N2CC(C(=O)NCc3ccc(N4CCOCC4)cc3)CC2=O)ccc1Br. The Bertz CT molecular complexity index is 926. The molecule has 1 unspecified atom stereocenters. The summed E-state index contributed by atoms with van der Waals surface area (Å²) in [6.45, 7) is 6.19. The van der Waals surface area contributed by atoms with Gasteiger partial charge in [0.1, 0.15) is 0 Å². The topological polar surface area (TPSA) is 61.9 Å². The van der Waals surface area contributed by atoms with Crippen LogP contribution < -0.4 is 15.1 Å². The number of nitrogens with one attached hydrogen (secondary N) is 1. The second kappa shape index (κ2) is 9.18. The zero-order valence-electron chi connectivity index (χ0n) is 17.1. The maximum atomic E-state index is 12.7. The Balaban J connectivity index is 1.32. The van der Waals surface area contributed by atoms with Crippen molar-refractivity contribution in [2.45, 2.75) is 19.9 Å². The van der Waals surface area contributed by atoms with Gasteiger partial charge in [0.2, 0.25) is 11.8 Å². The van der Waals surface area contributed by atoms with Gasteiger partial charge >= 0.3 is 0 Å². The number of amides is 2. The first-order chi connectivity index (χ1) is 14.5. The third kappa shape index (κ3) is 4.68. The van der Waals surface area contributed by atoms with E-state index in [4.69, 9.17) is 4.74 Å². The molecule has 0 aliphatic carbocycles. The molecule has 2 aliphatic heterocycles. The lowest BCUT2D eigenvalue weighted by molar-refractivity contribution is -0.126. The lowest BCUT2D eigenvalue weighted by Gasteiger charge is -2.28. The van der Waals surface area contributed by atoms with Gasteiger partial charge in [0.05, 0.1) is 19.1 Å². The second-order valence-electron chi connectivity index (χ2n) is 7.82. The second-order valence-corrected chi connectivity index (χ2v) is 8.68. The maximum absolute atomic E-state index is 12.7. The summed E-state index contributed by atoms with van der Waals surface area (Å²) in [5, 5.41) is 2.99. The quantitative estimate of drug-likeness (QED) is 0.726. The first-order valence-electron chi connectivity index (χ1n) is 10.3. The van der Waals surface area contributed by atoms with Crippen molar-refractivity contribution in [1.82, 2.24) is 5.32 Å². The Labute approximate surface area is 185 Å². The van der Waals surface area contributed by atoms with E-state index in [2.05, 4.69) is 38.3 Å². The number of ether oxygens (including phenoxy) is 1. The van der Waals surface area contributed by atoms with E-state index in [0.29, 0.717) is 13.1 Å². The summed E-state index contributed by atoms with van der Waals surface area (Å²) < 4.78 is 6.40. The molecule has 2 fully saturated rings. The minimum atomic E-state index is -0.325. The summed E-state index contributed by atoms with van der Waals surface area (Å²) >= 11 is 3.48. The molecule has 2 aliphatic rings. The van der Waals surface area contributed by atoms with Crippen molar-refractivity contribution >= 4 is 39.1 Å². The monoisotopic (exact) mass is 471 g/mol. The van der Waals surface area contributed by atoms with E-state index in [1.807, 2.05) is 37.3 Å². The first-order valence-corrected chi connectivity index (χ1v) is 11.1. The van der Waals surface area contributed by atoms with Crippen LogP contribution in [0, 0.1) is 12.8 Å². The number of anilines is 2. The van der Waals surface area contributed by atoms with Gasteiger partial charge in [-0.25, -0.2) is 0 Å². The largest absolute Gasteiger partial charge is 0.378 e. The molecule has 30 heavy (non-hydrogen) atoms. The van der Waals surface area contributed by atoms with Gasteiger partial charge in [-0.3, -0.25) is 9.59 Å². The molecule has 0 spiro atoms. The summed E-state index contributed by atoms with van der Waals surface area (Å²) in [7, 11) is 0. The van der Waals surface area contributed by atoms with Gasteiger partial charge in [-0.2, -0.15) is 0 Å². The molecule has 1 atom stereocenters. The Morgan fingerprint density at radius 1 is 1.13 bits per heavy atom. The van der Waals surface area contributed by atoms with Crippen molar-refractivity contribution in [2.75, 3.05) is 42.6 Å². The van der Waals surface area contributed by atoms with Crippen molar-refractivity contribution in [3.05, 3.63) is 58.1 Å². The van der Waals surface area contributed by atoms with E-state index in [1.54, 1.807) is 4.90 Å². The fourth-order valence-electron chi connectivity index (χ4n) is 3.91. The maximum Gasteiger partial charge on any atom is 0.227 e. The molecule has 1 N–H and O–H groups in total. The number of benzene rings is 2. The van der Waals surface area contributed by atoms with Crippen LogP contribution in [0.4, 0.5) is 11.4 Å². The normalized spacial score (nSPS) is 19.3. The van der Waals surface area contributed by atoms with Crippen LogP contribution in [0.25, 0.3) is 0 Å². The van der Waals surface area contributed by atoms with Crippen LogP contribution in [0.2, 0.25) is 0 Å². The van der Waals surface area contributed by atoms with Crippen molar-refractivity contribution < 1.29 is 14.3 Å². The van der Waals surface area contributed by atoms with Crippen LogP contribution >= 0.6 is 15.9 Å². The molecule has 7 heteroatoms. The van der Waals surface area contributed by atoms with Crippen molar-refractivity contribution in [3.63, 3.8) is 0 Å². The minimum Gasteiger partial charge on any atom is -0.378 e. The lowest BCUT2D eigenvalue weighted by Crippen LogP contribution is -2.36. The number of halogens is 1. The Hall–Kier alpha value is -2.38. The molecule has 2 heterocycles. The standard InChI is InChI=1S/C23H26BrN3O3/c1-16-12-20(6-7-21(16)24)27-15-18(13-22(27)28)23(29)25-14-17-2-4-19(5-3-17)26-8-10-30-11-9-26/h2-7,12,18H,8-11,13-15H2,1H3,(H,25,29). The molecule has 2 aromatic rings. The molecular formula is C23H26BrN3O3. The highest BCUT2D eigenvalue weighted by Gasteiger charge is 2.35. The number of carbonyl (C=O) groups excluding carboxylic acids is 2. The molecule has 4 rings (SSSR count).